The van der Waals surface area contributed by atoms with Gasteiger partial charge in [0.15, 0.2) is 0 Å². The molecule has 1 aromatic heterocycles. The van der Waals surface area contributed by atoms with Crippen LogP contribution in [0, 0.1) is 5.82 Å². The molecule has 1 heterocycles. The van der Waals surface area contributed by atoms with Crippen LogP contribution < -0.4 is 5.32 Å². The highest BCUT2D eigenvalue weighted by Crippen LogP contribution is 2.15. The molecule has 0 fully saturated rings. The third kappa shape index (κ3) is 3.92. The second-order valence-corrected chi connectivity index (χ2v) is 4.98. The molecule has 0 atom stereocenters. The maximum absolute atomic E-state index is 13.4. The quantitative estimate of drug-likeness (QED) is 0.831. The highest BCUT2D eigenvalue weighted by Gasteiger charge is 2.01. The lowest BCUT2D eigenvalue weighted by molar-refractivity contribution is 0.558. The fourth-order valence-electron chi connectivity index (χ4n) is 1.71. The Morgan fingerprint density at radius 1 is 1.39 bits per heavy atom. The first-order valence-corrected chi connectivity index (χ1v) is 6.65. The molecule has 0 aliphatic heterocycles. The Balaban J connectivity index is 1.70. The fraction of sp³-hybridized carbons (Fsp3) is 0.308. The van der Waals surface area contributed by atoms with Gasteiger partial charge in [-0.2, -0.15) is 0 Å². The second kappa shape index (κ2) is 6.66. The molecule has 0 radical (unpaired) electrons. The molecule has 0 saturated carbocycles. The summed E-state index contributed by atoms with van der Waals surface area (Å²) < 4.78 is 16.4. The van der Waals surface area contributed by atoms with E-state index < -0.39 is 0 Å². The van der Waals surface area contributed by atoms with Crippen LogP contribution in [0.2, 0.25) is 0 Å². The first-order valence-electron chi connectivity index (χ1n) is 5.86. The van der Waals surface area contributed by atoms with Gasteiger partial charge in [-0.3, -0.25) is 0 Å². The van der Waals surface area contributed by atoms with Gasteiger partial charge in [0.05, 0.1) is 6.33 Å². The van der Waals surface area contributed by atoms with Gasteiger partial charge in [0.1, 0.15) is 5.82 Å². The summed E-state index contributed by atoms with van der Waals surface area (Å²) in [6.07, 6.45) is 6.50. The van der Waals surface area contributed by atoms with Crippen LogP contribution in [0.5, 0.6) is 0 Å². The Hall–Kier alpha value is -1.20. The summed E-state index contributed by atoms with van der Waals surface area (Å²) in [4.78, 5) is 3.98. The topological polar surface area (TPSA) is 29.9 Å². The first kappa shape index (κ1) is 13.2. The molecule has 96 valence electrons. The molecule has 5 heteroatoms. The van der Waals surface area contributed by atoms with Crippen molar-refractivity contribution in [2.45, 2.75) is 19.5 Å². The van der Waals surface area contributed by atoms with Gasteiger partial charge >= 0.3 is 0 Å². The highest BCUT2D eigenvalue weighted by molar-refractivity contribution is 9.10. The SMILES string of the molecule is Fc1ccc(Br)cc1CNCCCn1ccnc1. The Morgan fingerprint density at radius 2 is 2.28 bits per heavy atom. The number of nitrogens with one attached hydrogen (secondary N) is 1. The molecule has 3 nitrogen and oxygen atoms in total. The Kier molecular flexibility index (Phi) is 4.90. The third-order valence-electron chi connectivity index (χ3n) is 2.65. The molecule has 18 heavy (non-hydrogen) atoms. The van der Waals surface area contributed by atoms with Crippen molar-refractivity contribution in [1.82, 2.24) is 14.9 Å². The number of benzene rings is 1. The third-order valence-corrected chi connectivity index (χ3v) is 3.15. The Labute approximate surface area is 114 Å². The summed E-state index contributed by atoms with van der Waals surface area (Å²) in [6, 6.07) is 4.99. The number of halogens is 2. The number of hydrogen-bond donors (Lipinski definition) is 1. The maximum Gasteiger partial charge on any atom is 0.127 e. The summed E-state index contributed by atoms with van der Waals surface area (Å²) in [5, 5.41) is 3.24. The number of imidazole rings is 1. The van der Waals surface area contributed by atoms with Crippen molar-refractivity contribution in [3.63, 3.8) is 0 Å². The van der Waals surface area contributed by atoms with E-state index >= 15 is 0 Å². The molecule has 0 saturated heterocycles. The summed E-state index contributed by atoms with van der Waals surface area (Å²) in [5.41, 5.74) is 0.687. The van der Waals surface area contributed by atoms with Crippen molar-refractivity contribution in [3.8, 4) is 0 Å². The van der Waals surface area contributed by atoms with Crippen LogP contribution in [0.4, 0.5) is 4.39 Å². The van der Waals surface area contributed by atoms with Crippen molar-refractivity contribution >= 4 is 15.9 Å². The van der Waals surface area contributed by atoms with Crippen LogP contribution in [0.15, 0.2) is 41.4 Å². The summed E-state index contributed by atoms with van der Waals surface area (Å²) in [6.45, 7) is 2.33. The zero-order chi connectivity index (χ0) is 12.8. The van der Waals surface area contributed by atoms with Gasteiger partial charge < -0.3 is 9.88 Å². The lowest BCUT2D eigenvalue weighted by atomic mass is 10.2. The van der Waals surface area contributed by atoms with E-state index in [-0.39, 0.29) is 5.82 Å². The van der Waals surface area contributed by atoms with Crippen LogP contribution in [-0.2, 0) is 13.1 Å². The molecule has 0 aliphatic rings. The van der Waals surface area contributed by atoms with E-state index in [1.54, 1.807) is 24.7 Å². The molecule has 0 bridgehead atoms. The van der Waals surface area contributed by atoms with Gasteiger partial charge in [-0.1, -0.05) is 15.9 Å². The van der Waals surface area contributed by atoms with Crippen molar-refractivity contribution in [3.05, 3.63) is 52.8 Å². The molecule has 1 N–H and O–H groups in total. The van der Waals surface area contributed by atoms with Crippen molar-refractivity contribution in [2.75, 3.05) is 6.54 Å². The monoisotopic (exact) mass is 311 g/mol. The van der Waals surface area contributed by atoms with E-state index in [4.69, 9.17) is 0 Å². The van der Waals surface area contributed by atoms with Crippen LogP contribution in [0.25, 0.3) is 0 Å². The molecular weight excluding hydrogens is 297 g/mol. The normalized spacial score (nSPS) is 10.8. The van der Waals surface area contributed by atoms with E-state index in [1.807, 2.05) is 10.8 Å². The van der Waals surface area contributed by atoms with E-state index in [0.717, 1.165) is 24.0 Å². The Bertz CT molecular complexity index is 485. The Morgan fingerprint density at radius 3 is 3.06 bits per heavy atom. The second-order valence-electron chi connectivity index (χ2n) is 4.07. The standard InChI is InChI=1S/C13H15BrFN3/c14-12-2-3-13(15)11(8-12)9-16-4-1-6-18-7-5-17-10-18/h2-3,5,7-8,10,16H,1,4,6,9H2. The predicted molar refractivity (Wildman–Crippen MR) is 72.7 cm³/mol. The lowest BCUT2D eigenvalue weighted by Gasteiger charge is -2.07. The zero-order valence-corrected chi connectivity index (χ0v) is 11.5. The smallest absolute Gasteiger partial charge is 0.127 e. The lowest BCUT2D eigenvalue weighted by Crippen LogP contribution is -2.17. The minimum Gasteiger partial charge on any atom is -0.337 e. The van der Waals surface area contributed by atoms with Crippen LogP contribution >= 0.6 is 15.9 Å². The number of rotatable bonds is 6. The average Bonchev–Trinajstić information content (AvgIpc) is 2.86. The average molecular weight is 312 g/mol. The van der Waals surface area contributed by atoms with Crippen molar-refractivity contribution < 1.29 is 4.39 Å². The number of aromatic nitrogens is 2. The molecule has 0 unspecified atom stereocenters. The molecule has 0 amide bonds. The van der Waals surface area contributed by atoms with Gasteiger partial charge in [-0.05, 0) is 31.2 Å². The van der Waals surface area contributed by atoms with Gasteiger partial charge in [-0.15, -0.1) is 0 Å². The van der Waals surface area contributed by atoms with E-state index in [0.29, 0.717) is 12.1 Å². The molecule has 1 aromatic carbocycles. The molecule has 0 aliphatic carbocycles. The van der Waals surface area contributed by atoms with Crippen molar-refractivity contribution in [2.24, 2.45) is 0 Å². The minimum atomic E-state index is -0.166. The van der Waals surface area contributed by atoms with E-state index in [1.165, 1.54) is 6.07 Å². The largest absolute Gasteiger partial charge is 0.337 e. The van der Waals surface area contributed by atoms with Crippen LogP contribution in [0.3, 0.4) is 0 Å². The minimum absolute atomic E-state index is 0.166. The van der Waals surface area contributed by atoms with E-state index in [9.17, 15) is 4.39 Å². The maximum atomic E-state index is 13.4. The molecular formula is C13H15BrFN3. The molecule has 0 spiro atoms. The van der Waals surface area contributed by atoms with Crippen LogP contribution in [0.1, 0.15) is 12.0 Å². The molecule has 2 aromatic rings. The highest BCUT2D eigenvalue weighted by atomic mass is 79.9. The van der Waals surface area contributed by atoms with Gasteiger partial charge in [0.25, 0.3) is 0 Å². The summed E-state index contributed by atoms with van der Waals surface area (Å²) in [5.74, 6) is -0.166. The fourth-order valence-corrected chi connectivity index (χ4v) is 2.12. The predicted octanol–water partition coefficient (Wildman–Crippen LogP) is 2.96. The zero-order valence-electron chi connectivity index (χ0n) is 9.94. The first-order chi connectivity index (χ1) is 8.75. The number of hydrogen-bond acceptors (Lipinski definition) is 2. The van der Waals surface area contributed by atoms with E-state index in [2.05, 4.69) is 26.2 Å². The van der Waals surface area contributed by atoms with Gasteiger partial charge in [0.2, 0.25) is 0 Å². The number of nitrogens with zero attached hydrogens (tertiary/aromatic N) is 2. The molecule has 2 rings (SSSR count). The number of aryl methyl sites for hydroxylation is 1. The van der Waals surface area contributed by atoms with Gasteiger partial charge in [0, 0.05) is 35.5 Å². The summed E-state index contributed by atoms with van der Waals surface area (Å²) in [7, 11) is 0. The van der Waals surface area contributed by atoms with Gasteiger partial charge in [-0.25, -0.2) is 9.37 Å². The van der Waals surface area contributed by atoms with Crippen molar-refractivity contribution in [1.29, 1.82) is 0 Å². The van der Waals surface area contributed by atoms with Crippen LogP contribution in [-0.4, -0.2) is 16.1 Å². The summed E-state index contributed by atoms with van der Waals surface area (Å²) >= 11 is 3.34.